The normalized spacial score (nSPS) is 16.4. The highest BCUT2D eigenvalue weighted by Crippen LogP contribution is 2.30. The highest BCUT2D eigenvalue weighted by Gasteiger charge is 2.42. The minimum atomic E-state index is -0.652. The van der Waals surface area contributed by atoms with Crippen LogP contribution in [-0.2, 0) is 10.3 Å². The van der Waals surface area contributed by atoms with Crippen molar-refractivity contribution in [3.63, 3.8) is 0 Å². The molecule has 1 amide bonds. The Morgan fingerprint density at radius 3 is 2.74 bits per heavy atom. The van der Waals surface area contributed by atoms with Crippen molar-refractivity contribution in [2.45, 2.75) is 18.4 Å². The van der Waals surface area contributed by atoms with Crippen molar-refractivity contribution in [2.24, 2.45) is 0 Å². The molecule has 0 radical (unpaired) electrons. The summed E-state index contributed by atoms with van der Waals surface area (Å²) in [5, 5.41) is 11.2. The third-order valence-electron chi connectivity index (χ3n) is 3.97. The van der Waals surface area contributed by atoms with E-state index in [9.17, 15) is 4.79 Å². The first-order valence-electron chi connectivity index (χ1n) is 7.09. The van der Waals surface area contributed by atoms with Gasteiger partial charge in [0.2, 0.25) is 0 Å². The molecule has 0 spiro atoms. The zero-order valence-corrected chi connectivity index (χ0v) is 15.4. The summed E-state index contributed by atoms with van der Waals surface area (Å²) in [7, 11) is 0. The summed E-state index contributed by atoms with van der Waals surface area (Å²) < 4.78 is 2.53. The van der Waals surface area contributed by atoms with Gasteiger partial charge < -0.3 is 10.6 Å². The largest absolute Gasteiger partial charge is 0.324 e. The number of anilines is 1. The first-order valence-corrected chi connectivity index (χ1v) is 8.26. The van der Waals surface area contributed by atoms with Crippen molar-refractivity contribution in [3.05, 3.63) is 46.2 Å². The lowest BCUT2D eigenvalue weighted by Crippen LogP contribution is -2.52. The first kappa shape index (κ1) is 18.3. The summed E-state index contributed by atoms with van der Waals surface area (Å²) in [6.07, 6.45) is 4.96. The van der Waals surface area contributed by atoms with Crippen LogP contribution in [0, 0.1) is 0 Å². The van der Waals surface area contributed by atoms with Crippen LogP contribution in [0.15, 0.2) is 41.1 Å². The standard InChI is InChI=1S/C15H16BrClN4O.ClH/c16-12-10-11(2-3-13(12)17)20-14(22)15(4-7-18-8-5-15)21-9-1-6-19-21;/h1-3,6,9-10,18H,4-5,7-8H2,(H,20,22);1H. The van der Waals surface area contributed by atoms with Crippen LogP contribution in [0.1, 0.15) is 12.8 Å². The fourth-order valence-electron chi connectivity index (χ4n) is 2.74. The molecule has 23 heavy (non-hydrogen) atoms. The summed E-state index contributed by atoms with van der Waals surface area (Å²) >= 11 is 9.37. The topological polar surface area (TPSA) is 59.0 Å². The van der Waals surface area contributed by atoms with Gasteiger partial charge in [-0.25, -0.2) is 0 Å². The van der Waals surface area contributed by atoms with Gasteiger partial charge in [0.1, 0.15) is 5.54 Å². The highest BCUT2D eigenvalue weighted by atomic mass is 79.9. The second-order valence-electron chi connectivity index (χ2n) is 5.32. The predicted molar refractivity (Wildman–Crippen MR) is 97.3 cm³/mol. The molecule has 1 aromatic carbocycles. The minimum absolute atomic E-state index is 0. The molecule has 124 valence electrons. The van der Waals surface area contributed by atoms with Crippen LogP contribution in [0.2, 0.25) is 5.02 Å². The zero-order valence-electron chi connectivity index (χ0n) is 12.3. The Hall–Kier alpha value is -1.08. The number of hydrogen-bond acceptors (Lipinski definition) is 3. The summed E-state index contributed by atoms with van der Waals surface area (Å²) in [5.41, 5.74) is 0.0623. The van der Waals surface area contributed by atoms with Crippen LogP contribution >= 0.6 is 39.9 Å². The Bertz CT molecular complexity index is 672. The van der Waals surface area contributed by atoms with Crippen molar-refractivity contribution in [3.8, 4) is 0 Å². The van der Waals surface area contributed by atoms with Gasteiger partial charge in [-0.15, -0.1) is 12.4 Å². The van der Waals surface area contributed by atoms with Gasteiger partial charge in [0.25, 0.3) is 5.91 Å². The molecule has 2 heterocycles. The molecule has 0 unspecified atom stereocenters. The van der Waals surface area contributed by atoms with E-state index in [4.69, 9.17) is 11.6 Å². The van der Waals surface area contributed by atoms with E-state index in [1.807, 2.05) is 12.3 Å². The van der Waals surface area contributed by atoms with E-state index in [1.54, 1.807) is 29.1 Å². The van der Waals surface area contributed by atoms with Crippen LogP contribution in [0.25, 0.3) is 0 Å². The molecule has 1 aliphatic heterocycles. The molecule has 0 aliphatic carbocycles. The average molecular weight is 420 g/mol. The number of halogens is 3. The van der Waals surface area contributed by atoms with Gasteiger partial charge in [-0.05, 0) is 66.1 Å². The smallest absolute Gasteiger partial charge is 0.252 e. The maximum atomic E-state index is 12.9. The number of amides is 1. The fourth-order valence-corrected chi connectivity index (χ4v) is 3.24. The molecule has 0 saturated carbocycles. The molecule has 5 nitrogen and oxygen atoms in total. The maximum absolute atomic E-state index is 12.9. The molecule has 2 aromatic rings. The van der Waals surface area contributed by atoms with Crippen molar-refractivity contribution in [1.82, 2.24) is 15.1 Å². The van der Waals surface area contributed by atoms with E-state index in [0.717, 1.165) is 17.6 Å². The van der Waals surface area contributed by atoms with E-state index >= 15 is 0 Å². The molecule has 8 heteroatoms. The Kier molecular flexibility index (Phi) is 6.08. The minimum Gasteiger partial charge on any atom is -0.324 e. The second kappa shape index (κ2) is 7.66. The quantitative estimate of drug-likeness (QED) is 0.800. The van der Waals surface area contributed by atoms with Gasteiger partial charge in [-0.3, -0.25) is 9.48 Å². The van der Waals surface area contributed by atoms with Crippen molar-refractivity contribution in [1.29, 1.82) is 0 Å². The fraction of sp³-hybridized carbons (Fsp3) is 0.333. The highest BCUT2D eigenvalue weighted by molar-refractivity contribution is 9.10. The van der Waals surface area contributed by atoms with E-state index in [-0.39, 0.29) is 18.3 Å². The van der Waals surface area contributed by atoms with Crippen LogP contribution < -0.4 is 10.6 Å². The van der Waals surface area contributed by atoms with E-state index in [0.29, 0.717) is 23.6 Å². The Balaban J connectivity index is 0.00000192. The van der Waals surface area contributed by atoms with E-state index in [2.05, 4.69) is 31.7 Å². The van der Waals surface area contributed by atoms with Crippen LogP contribution in [0.3, 0.4) is 0 Å². The molecule has 0 atom stereocenters. The van der Waals surface area contributed by atoms with Gasteiger partial charge in [0.15, 0.2) is 0 Å². The number of benzene rings is 1. The molecular weight excluding hydrogens is 403 g/mol. The first-order chi connectivity index (χ1) is 10.6. The lowest BCUT2D eigenvalue weighted by Gasteiger charge is -2.36. The van der Waals surface area contributed by atoms with Crippen LogP contribution in [0.5, 0.6) is 0 Å². The number of aromatic nitrogens is 2. The monoisotopic (exact) mass is 418 g/mol. The number of rotatable bonds is 3. The molecule has 1 aromatic heterocycles. The third kappa shape index (κ3) is 3.71. The van der Waals surface area contributed by atoms with Crippen LogP contribution in [0.4, 0.5) is 5.69 Å². The third-order valence-corrected chi connectivity index (χ3v) is 5.19. The SMILES string of the molecule is Cl.O=C(Nc1ccc(Cl)c(Br)c1)C1(n2cccn2)CCNCC1. The molecular formula is C15H17BrCl2N4O. The number of nitrogens with one attached hydrogen (secondary N) is 2. The summed E-state index contributed by atoms with van der Waals surface area (Å²) in [5.74, 6) is -0.0491. The number of hydrogen-bond donors (Lipinski definition) is 2. The predicted octanol–water partition coefficient (Wildman–Crippen LogP) is 3.44. The molecule has 1 fully saturated rings. The molecule has 1 aliphatic rings. The molecule has 0 bridgehead atoms. The van der Waals surface area contributed by atoms with E-state index in [1.165, 1.54) is 0 Å². The lowest BCUT2D eigenvalue weighted by atomic mass is 9.87. The maximum Gasteiger partial charge on any atom is 0.252 e. The number of piperidine rings is 1. The number of carbonyl (C=O) groups excluding carboxylic acids is 1. The molecule has 3 rings (SSSR count). The number of carbonyl (C=O) groups is 1. The Morgan fingerprint density at radius 1 is 1.39 bits per heavy atom. The van der Waals surface area contributed by atoms with Crippen molar-refractivity contribution < 1.29 is 4.79 Å². The molecule has 2 N–H and O–H groups in total. The summed E-state index contributed by atoms with van der Waals surface area (Å²) in [4.78, 5) is 12.9. The molecule has 1 saturated heterocycles. The summed E-state index contributed by atoms with van der Waals surface area (Å²) in [6.45, 7) is 1.58. The second-order valence-corrected chi connectivity index (χ2v) is 6.58. The van der Waals surface area contributed by atoms with Crippen molar-refractivity contribution in [2.75, 3.05) is 18.4 Å². The lowest BCUT2D eigenvalue weighted by molar-refractivity contribution is -0.126. The van der Waals surface area contributed by atoms with Gasteiger partial charge in [-0.1, -0.05) is 11.6 Å². The Labute approximate surface area is 154 Å². The van der Waals surface area contributed by atoms with Gasteiger partial charge in [0.05, 0.1) is 5.02 Å². The van der Waals surface area contributed by atoms with Gasteiger partial charge in [-0.2, -0.15) is 5.10 Å². The van der Waals surface area contributed by atoms with Gasteiger partial charge in [0, 0.05) is 22.6 Å². The van der Waals surface area contributed by atoms with Crippen LogP contribution in [-0.4, -0.2) is 28.8 Å². The summed E-state index contributed by atoms with van der Waals surface area (Å²) in [6, 6.07) is 7.20. The van der Waals surface area contributed by atoms with E-state index < -0.39 is 5.54 Å². The van der Waals surface area contributed by atoms with Crippen molar-refractivity contribution >= 4 is 51.5 Å². The number of nitrogens with zero attached hydrogens (tertiary/aromatic N) is 2. The van der Waals surface area contributed by atoms with Gasteiger partial charge >= 0.3 is 0 Å². The zero-order chi connectivity index (χ0) is 15.6. The Morgan fingerprint density at radius 2 is 2.13 bits per heavy atom. The average Bonchev–Trinajstić information content (AvgIpc) is 3.06.